The van der Waals surface area contributed by atoms with Gasteiger partial charge in [-0.1, -0.05) is 13.0 Å². The largest absolute Gasteiger partial charge is 0.387 e. The maximum Gasteiger partial charge on any atom is 0.153 e. The fourth-order valence-electron chi connectivity index (χ4n) is 4.24. The number of nitrogens with zero attached hydrogens (tertiary/aromatic N) is 5. The third-order valence-corrected chi connectivity index (χ3v) is 6.15. The molecule has 2 N–H and O–H groups in total. The summed E-state index contributed by atoms with van der Waals surface area (Å²) in [7, 11) is 0. The van der Waals surface area contributed by atoms with Crippen molar-refractivity contribution < 1.29 is 4.39 Å². The number of aromatic nitrogens is 2. The van der Waals surface area contributed by atoms with Crippen molar-refractivity contribution in [2.45, 2.75) is 27.2 Å². The Morgan fingerprint density at radius 1 is 1.06 bits per heavy atom. The molecule has 7 heteroatoms. The number of benzene rings is 1. The number of likely N-dealkylation sites (N-methyl/N-ethyl adjacent to an activating group) is 1. The topological polar surface area (TPSA) is 70.6 Å². The lowest BCUT2D eigenvalue weighted by Crippen LogP contribution is -2.46. The molecule has 0 saturated carbocycles. The molecule has 3 heterocycles. The van der Waals surface area contributed by atoms with E-state index >= 15 is 0 Å². The van der Waals surface area contributed by atoms with Crippen LogP contribution in [0, 0.1) is 19.7 Å². The summed E-state index contributed by atoms with van der Waals surface area (Å²) in [5.74, 6) is 0.569. The highest BCUT2D eigenvalue weighted by atomic mass is 19.1. The van der Waals surface area contributed by atoms with Gasteiger partial charge >= 0.3 is 0 Å². The fourth-order valence-corrected chi connectivity index (χ4v) is 4.24. The van der Waals surface area contributed by atoms with Crippen LogP contribution in [0.5, 0.6) is 0 Å². The molecule has 2 aromatic heterocycles. The molecule has 0 spiro atoms. The van der Waals surface area contributed by atoms with Crippen LogP contribution in [0.15, 0.2) is 53.8 Å². The van der Waals surface area contributed by atoms with E-state index in [1.807, 2.05) is 50.4 Å². The Balaban J connectivity index is 1.45. The molecule has 1 aromatic carbocycles. The van der Waals surface area contributed by atoms with Gasteiger partial charge in [-0.25, -0.2) is 14.4 Å². The van der Waals surface area contributed by atoms with E-state index in [1.54, 1.807) is 12.3 Å². The smallest absolute Gasteiger partial charge is 0.153 e. The zero-order chi connectivity index (χ0) is 23.4. The summed E-state index contributed by atoms with van der Waals surface area (Å²) >= 11 is 0. The number of piperazine rings is 1. The van der Waals surface area contributed by atoms with Crippen molar-refractivity contribution >= 4 is 17.3 Å². The summed E-state index contributed by atoms with van der Waals surface area (Å²) in [5, 5.41) is 0. The number of pyridine rings is 2. The zero-order valence-corrected chi connectivity index (χ0v) is 19.6. The number of amidine groups is 1. The standard InChI is InChI=1S/C26H31FN6/c1-4-32-9-11-33(12-10-32)22-5-6-26(30-17-22)31-25(28)15-21-13-18(2)23(16-24(21)27)20-7-8-29-19(3)14-20/h5-8,13-14,16-17H,4,9-12,15H2,1-3H3,(H2,28,30,31). The third-order valence-electron chi connectivity index (χ3n) is 6.15. The molecule has 0 bridgehead atoms. The van der Waals surface area contributed by atoms with E-state index in [0.29, 0.717) is 17.2 Å². The van der Waals surface area contributed by atoms with Gasteiger partial charge < -0.3 is 15.5 Å². The first-order chi connectivity index (χ1) is 15.9. The predicted octanol–water partition coefficient (Wildman–Crippen LogP) is 4.27. The molecular formula is C26H31FN6. The fraction of sp³-hybridized carbons (Fsp3) is 0.346. The summed E-state index contributed by atoms with van der Waals surface area (Å²) in [5.41, 5.74) is 11.5. The van der Waals surface area contributed by atoms with Gasteiger partial charge in [0.15, 0.2) is 5.82 Å². The van der Waals surface area contributed by atoms with Crippen molar-refractivity contribution in [2.24, 2.45) is 10.7 Å². The van der Waals surface area contributed by atoms with Gasteiger partial charge in [-0.2, -0.15) is 0 Å². The van der Waals surface area contributed by atoms with Crippen molar-refractivity contribution in [3.63, 3.8) is 0 Å². The normalized spacial score (nSPS) is 15.2. The van der Waals surface area contributed by atoms with E-state index < -0.39 is 0 Å². The predicted molar refractivity (Wildman–Crippen MR) is 133 cm³/mol. The van der Waals surface area contributed by atoms with Crippen molar-refractivity contribution in [3.05, 3.63) is 71.4 Å². The number of aliphatic imine (C=N–C) groups is 1. The number of halogens is 1. The second-order valence-corrected chi connectivity index (χ2v) is 8.52. The third kappa shape index (κ3) is 5.54. The number of hydrogen-bond donors (Lipinski definition) is 1. The highest BCUT2D eigenvalue weighted by Crippen LogP contribution is 2.27. The molecule has 1 aliphatic rings. The lowest BCUT2D eigenvalue weighted by Gasteiger charge is -2.35. The Morgan fingerprint density at radius 2 is 1.85 bits per heavy atom. The lowest BCUT2D eigenvalue weighted by molar-refractivity contribution is 0.271. The van der Waals surface area contributed by atoms with Crippen LogP contribution in [0.3, 0.4) is 0 Å². The van der Waals surface area contributed by atoms with Crippen LogP contribution in [0.2, 0.25) is 0 Å². The molecule has 1 fully saturated rings. The molecule has 1 aliphatic heterocycles. The quantitative estimate of drug-likeness (QED) is 0.452. The number of rotatable bonds is 6. The summed E-state index contributed by atoms with van der Waals surface area (Å²) in [6.07, 6.45) is 3.80. The van der Waals surface area contributed by atoms with E-state index in [1.165, 1.54) is 0 Å². The van der Waals surface area contributed by atoms with Crippen molar-refractivity contribution in [1.82, 2.24) is 14.9 Å². The number of aryl methyl sites for hydroxylation is 2. The molecule has 6 nitrogen and oxygen atoms in total. The first kappa shape index (κ1) is 22.9. The first-order valence-electron chi connectivity index (χ1n) is 11.4. The summed E-state index contributed by atoms with van der Waals surface area (Å²) in [6, 6.07) is 11.1. The Bertz CT molecular complexity index is 1130. The van der Waals surface area contributed by atoms with Gasteiger partial charge in [-0.15, -0.1) is 0 Å². The Kier molecular flexibility index (Phi) is 6.99. The van der Waals surface area contributed by atoms with Crippen molar-refractivity contribution in [2.75, 3.05) is 37.6 Å². The molecule has 4 rings (SSSR count). The molecule has 3 aromatic rings. The molecule has 0 aliphatic carbocycles. The van der Waals surface area contributed by atoms with Gasteiger partial charge in [-0.3, -0.25) is 4.98 Å². The van der Waals surface area contributed by atoms with E-state index in [-0.39, 0.29) is 12.2 Å². The second-order valence-electron chi connectivity index (χ2n) is 8.52. The van der Waals surface area contributed by atoms with E-state index in [9.17, 15) is 4.39 Å². The molecule has 172 valence electrons. The van der Waals surface area contributed by atoms with Crippen LogP contribution in [-0.4, -0.2) is 53.4 Å². The van der Waals surface area contributed by atoms with Crippen LogP contribution in [0.1, 0.15) is 23.7 Å². The summed E-state index contributed by atoms with van der Waals surface area (Å²) < 4.78 is 14.9. The minimum absolute atomic E-state index is 0.227. The lowest BCUT2D eigenvalue weighted by atomic mass is 9.97. The van der Waals surface area contributed by atoms with Crippen LogP contribution in [0.25, 0.3) is 11.1 Å². The average molecular weight is 447 g/mol. The van der Waals surface area contributed by atoms with Gasteiger partial charge in [0.25, 0.3) is 0 Å². The molecule has 33 heavy (non-hydrogen) atoms. The molecule has 0 radical (unpaired) electrons. The van der Waals surface area contributed by atoms with Crippen molar-refractivity contribution in [1.29, 1.82) is 0 Å². The van der Waals surface area contributed by atoms with Gasteiger partial charge in [0.2, 0.25) is 0 Å². The van der Waals surface area contributed by atoms with Gasteiger partial charge in [0.1, 0.15) is 11.7 Å². The number of hydrogen-bond acceptors (Lipinski definition) is 5. The van der Waals surface area contributed by atoms with Crippen LogP contribution < -0.4 is 10.6 Å². The SMILES string of the molecule is CCN1CCN(c2ccc(N=C(N)Cc3cc(C)c(-c4ccnc(C)c4)cc3F)nc2)CC1. The Labute approximate surface area is 195 Å². The van der Waals surface area contributed by atoms with Gasteiger partial charge in [0.05, 0.1) is 11.9 Å². The van der Waals surface area contributed by atoms with E-state index in [2.05, 4.69) is 31.7 Å². The molecular weight excluding hydrogens is 415 g/mol. The maximum atomic E-state index is 14.9. The van der Waals surface area contributed by atoms with Crippen molar-refractivity contribution in [3.8, 4) is 11.1 Å². The van der Waals surface area contributed by atoms with Crippen LogP contribution >= 0.6 is 0 Å². The molecule has 0 unspecified atom stereocenters. The summed E-state index contributed by atoms with van der Waals surface area (Å²) in [6.45, 7) is 11.3. The number of anilines is 1. The monoisotopic (exact) mass is 446 g/mol. The van der Waals surface area contributed by atoms with Gasteiger partial charge in [0, 0.05) is 44.5 Å². The highest BCUT2D eigenvalue weighted by molar-refractivity contribution is 5.85. The summed E-state index contributed by atoms with van der Waals surface area (Å²) in [4.78, 5) is 17.9. The van der Waals surface area contributed by atoms with Crippen LogP contribution in [0.4, 0.5) is 15.9 Å². The first-order valence-corrected chi connectivity index (χ1v) is 11.4. The minimum Gasteiger partial charge on any atom is -0.387 e. The minimum atomic E-state index is -0.294. The molecule has 1 saturated heterocycles. The van der Waals surface area contributed by atoms with E-state index in [0.717, 1.165) is 60.8 Å². The Hall–Kier alpha value is -3.32. The zero-order valence-electron chi connectivity index (χ0n) is 19.6. The molecule has 0 atom stereocenters. The maximum absolute atomic E-state index is 14.9. The average Bonchev–Trinajstić information content (AvgIpc) is 2.82. The van der Waals surface area contributed by atoms with Crippen LogP contribution in [-0.2, 0) is 6.42 Å². The second kappa shape index (κ2) is 10.1. The number of nitrogens with two attached hydrogens (primary N) is 1. The van der Waals surface area contributed by atoms with Gasteiger partial charge in [-0.05, 0) is 73.0 Å². The Morgan fingerprint density at radius 3 is 2.52 bits per heavy atom. The highest BCUT2D eigenvalue weighted by Gasteiger charge is 2.16. The van der Waals surface area contributed by atoms with E-state index in [4.69, 9.17) is 5.73 Å². The molecule has 0 amide bonds.